The van der Waals surface area contributed by atoms with Crippen LogP contribution in [-0.2, 0) is 27.4 Å². The Morgan fingerprint density at radius 1 is 0.968 bits per heavy atom. The minimum absolute atomic E-state index is 0.0951. The molecule has 2 atom stereocenters. The van der Waals surface area contributed by atoms with Gasteiger partial charge >= 0.3 is 12.1 Å². The van der Waals surface area contributed by atoms with Gasteiger partial charge in [0.05, 0.1) is 13.2 Å². The van der Waals surface area contributed by atoms with Crippen molar-refractivity contribution in [1.82, 2.24) is 4.90 Å². The summed E-state index contributed by atoms with van der Waals surface area (Å²) in [5, 5.41) is 9.71. The van der Waals surface area contributed by atoms with Crippen molar-refractivity contribution >= 4 is 12.1 Å². The molecular formula is C24H31NO6. The van der Waals surface area contributed by atoms with E-state index in [9.17, 15) is 14.7 Å². The third-order valence-electron chi connectivity index (χ3n) is 4.91. The van der Waals surface area contributed by atoms with Crippen molar-refractivity contribution in [3.63, 3.8) is 0 Å². The predicted octanol–water partition coefficient (Wildman–Crippen LogP) is 4.35. The summed E-state index contributed by atoms with van der Waals surface area (Å²) in [5.41, 5.74) is 1.67. The average Bonchev–Trinajstić information content (AvgIpc) is 2.76. The Hall–Kier alpha value is -3.06. The van der Waals surface area contributed by atoms with Crippen molar-refractivity contribution in [1.29, 1.82) is 0 Å². The molecule has 2 aromatic rings. The molecule has 0 aromatic heterocycles. The highest BCUT2D eigenvalue weighted by Crippen LogP contribution is 2.23. The highest BCUT2D eigenvalue weighted by Gasteiger charge is 2.37. The van der Waals surface area contributed by atoms with Crippen molar-refractivity contribution in [3.8, 4) is 5.75 Å². The first kappa shape index (κ1) is 24.2. The van der Waals surface area contributed by atoms with E-state index in [-0.39, 0.29) is 19.1 Å². The maximum absolute atomic E-state index is 13.1. The molecule has 0 bridgehead atoms. The Bertz CT molecular complexity index is 822. The van der Waals surface area contributed by atoms with E-state index in [4.69, 9.17) is 14.2 Å². The third kappa shape index (κ3) is 7.29. The van der Waals surface area contributed by atoms with E-state index in [0.717, 1.165) is 11.1 Å². The molecule has 0 radical (unpaired) electrons. The van der Waals surface area contributed by atoms with Crippen LogP contribution < -0.4 is 4.74 Å². The third-order valence-corrected chi connectivity index (χ3v) is 4.91. The van der Waals surface area contributed by atoms with E-state index in [0.29, 0.717) is 12.2 Å². The zero-order valence-electron chi connectivity index (χ0n) is 18.5. The number of carbonyl (C=O) groups excluding carboxylic acids is 1. The van der Waals surface area contributed by atoms with Crippen LogP contribution in [0.2, 0.25) is 0 Å². The number of carboxylic acid groups (broad SMARTS) is 1. The van der Waals surface area contributed by atoms with Crippen molar-refractivity contribution in [2.75, 3.05) is 14.2 Å². The van der Waals surface area contributed by atoms with E-state index in [1.807, 2.05) is 56.3 Å². The normalized spacial score (nSPS) is 12.8. The summed E-state index contributed by atoms with van der Waals surface area (Å²) in [6.07, 6.45) is -1.32. The van der Waals surface area contributed by atoms with E-state index in [2.05, 4.69) is 0 Å². The summed E-state index contributed by atoms with van der Waals surface area (Å²) in [7, 11) is 2.92. The Morgan fingerprint density at radius 3 is 2.13 bits per heavy atom. The quantitative estimate of drug-likeness (QED) is 0.572. The molecule has 0 saturated heterocycles. The second-order valence-corrected chi connectivity index (χ2v) is 7.71. The Labute approximate surface area is 183 Å². The number of aliphatic carboxylic acids is 1. The van der Waals surface area contributed by atoms with Gasteiger partial charge < -0.3 is 19.3 Å². The van der Waals surface area contributed by atoms with Gasteiger partial charge in [-0.2, -0.15) is 0 Å². The molecule has 1 N–H and O–H groups in total. The minimum Gasteiger partial charge on any atom is -0.497 e. The molecular weight excluding hydrogens is 398 g/mol. The zero-order chi connectivity index (χ0) is 22.8. The minimum atomic E-state index is -1.18. The number of hydrogen-bond acceptors (Lipinski definition) is 5. The number of rotatable bonds is 11. The molecule has 0 aliphatic rings. The van der Waals surface area contributed by atoms with Crippen molar-refractivity contribution in [3.05, 3.63) is 65.7 Å². The van der Waals surface area contributed by atoms with Gasteiger partial charge in [-0.1, -0.05) is 56.3 Å². The van der Waals surface area contributed by atoms with Gasteiger partial charge in [0, 0.05) is 13.7 Å². The van der Waals surface area contributed by atoms with Gasteiger partial charge in [-0.25, -0.2) is 9.59 Å². The van der Waals surface area contributed by atoms with Crippen LogP contribution in [0, 0.1) is 5.92 Å². The van der Waals surface area contributed by atoms with Crippen molar-refractivity contribution in [2.24, 2.45) is 5.92 Å². The van der Waals surface area contributed by atoms with Gasteiger partial charge in [0.1, 0.15) is 12.4 Å². The summed E-state index contributed by atoms with van der Waals surface area (Å²) in [5.74, 6) is -0.285. The smallest absolute Gasteiger partial charge is 0.410 e. The summed E-state index contributed by atoms with van der Waals surface area (Å²) < 4.78 is 16.0. The first-order chi connectivity index (χ1) is 14.8. The fourth-order valence-corrected chi connectivity index (χ4v) is 3.37. The van der Waals surface area contributed by atoms with Crippen LogP contribution in [0.4, 0.5) is 4.79 Å². The number of methoxy groups -OCH3 is 2. The van der Waals surface area contributed by atoms with Crippen molar-refractivity contribution in [2.45, 2.75) is 45.6 Å². The lowest BCUT2D eigenvalue weighted by molar-refractivity contribution is -0.153. The van der Waals surface area contributed by atoms with Crippen LogP contribution in [0.1, 0.15) is 31.4 Å². The molecule has 0 aliphatic heterocycles. The van der Waals surface area contributed by atoms with Crippen LogP contribution in [-0.4, -0.2) is 48.4 Å². The fraction of sp³-hybridized carbons (Fsp3) is 0.417. The highest BCUT2D eigenvalue weighted by atomic mass is 16.6. The standard InChI is InChI=1S/C24H31NO6/c1-17(2)14-21(22(30-4)23(26)27)25(15-18-10-12-20(29-3)13-11-18)24(28)31-16-19-8-6-5-7-9-19/h5-13,17,21-22H,14-16H2,1-4H3,(H,26,27)/t21-,22?/m0/s1. The molecule has 7 nitrogen and oxygen atoms in total. The van der Waals surface area contributed by atoms with Gasteiger partial charge in [0.15, 0.2) is 6.10 Å². The van der Waals surface area contributed by atoms with E-state index in [1.165, 1.54) is 12.0 Å². The lowest BCUT2D eigenvalue weighted by Gasteiger charge is -2.35. The average molecular weight is 430 g/mol. The van der Waals surface area contributed by atoms with Gasteiger partial charge in [-0.15, -0.1) is 0 Å². The fourth-order valence-electron chi connectivity index (χ4n) is 3.37. The lowest BCUT2D eigenvalue weighted by Crippen LogP contribution is -2.51. The Kier molecular flexibility index (Phi) is 9.34. The van der Waals surface area contributed by atoms with Gasteiger partial charge in [-0.05, 0) is 35.6 Å². The van der Waals surface area contributed by atoms with E-state index >= 15 is 0 Å². The molecule has 7 heteroatoms. The first-order valence-corrected chi connectivity index (χ1v) is 10.2. The first-order valence-electron chi connectivity index (χ1n) is 10.2. The summed E-state index contributed by atoms with van der Waals surface area (Å²) in [4.78, 5) is 26.5. The molecule has 0 heterocycles. The van der Waals surface area contributed by atoms with Gasteiger partial charge in [0.25, 0.3) is 0 Å². The Balaban J connectivity index is 2.32. The van der Waals surface area contributed by atoms with Gasteiger partial charge in [0.2, 0.25) is 0 Å². The SMILES string of the molecule is COc1ccc(CN(C(=O)OCc2ccccc2)[C@@H](CC(C)C)C(OC)C(=O)O)cc1. The van der Waals surface area contributed by atoms with Crippen LogP contribution >= 0.6 is 0 Å². The molecule has 1 unspecified atom stereocenters. The zero-order valence-corrected chi connectivity index (χ0v) is 18.5. The number of amides is 1. The monoisotopic (exact) mass is 429 g/mol. The molecule has 0 fully saturated rings. The summed E-state index contributed by atoms with van der Waals surface area (Å²) in [6.45, 7) is 4.23. The molecule has 0 saturated carbocycles. The molecule has 168 valence electrons. The lowest BCUT2D eigenvalue weighted by atomic mass is 9.97. The summed E-state index contributed by atoms with van der Waals surface area (Å²) in [6, 6.07) is 15.9. The van der Waals surface area contributed by atoms with Crippen LogP contribution in [0.5, 0.6) is 5.75 Å². The second kappa shape index (κ2) is 12.0. The maximum Gasteiger partial charge on any atom is 0.410 e. The second-order valence-electron chi connectivity index (χ2n) is 7.71. The topological polar surface area (TPSA) is 85.3 Å². The number of carboxylic acids is 1. The molecule has 2 rings (SSSR count). The molecule has 1 amide bonds. The predicted molar refractivity (Wildman–Crippen MR) is 117 cm³/mol. The number of benzene rings is 2. The van der Waals surface area contributed by atoms with Crippen LogP contribution in [0.3, 0.4) is 0 Å². The maximum atomic E-state index is 13.1. The van der Waals surface area contributed by atoms with Crippen LogP contribution in [0.15, 0.2) is 54.6 Å². The molecule has 0 spiro atoms. The molecule has 31 heavy (non-hydrogen) atoms. The number of hydrogen-bond donors (Lipinski definition) is 1. The molecule has 0 aliphatic carbocycles. The number of ether oxygens (including phenoxy) is 3. The molecule has 2 aromatic carbocycles. The van der Waals surface area contributed by atoms with Gasteiger partial charge in [-0.3, -0.25) is 4.90 Å². The van der Waals surface area contributed by atoms with E-state index in [1.54, 1.807) is 19.2 Å². The number of nitrogens with zero attached hydrogens (tertiary/aromatic N) is 1. The highest BCUT2D eigenvalue weighted by molar-refractivity contribution is 5.75. The largest absolute Gasteiger partial charge is 0.497 e. The van der Waals surface area contributed by atoms with Crippen molar-refractivity contribution < 1.29 is 28.9 Å². The van der Waals surface area contributed by atoms with E-state index < -0.39 is 24.2 Å². The summed E-state index contributed by atoms with van der Waals surface area (Å²) >= 11 is 0. The van der Waals surface area contributed by atoms with Crippen LogP contribution in [0.25, 0.3) is 0 Å². The Morgan fingerprint density at radius 2 is 1.61 bits per heavy atom. The number of carbonyl (C=O) groups is 2.